The molecular formula is C20H30N6OS2. The Kier molecular flexibility index (Phi) is 5.92. The smallest absolute Gasteiger partial charge is 0.234 e. The van der Waals surface area contributed by atoms with Crippen LogP contribution in [0.3, 0.4) is 0 Å². The van der Waals surface area contributed by atoms with Crippen molar-refractivity contribution in [3.63, 3.8) is 0 Å². The lowest BCUT2D eigenvalue weighted by atomic mass is 10.1. The molecule has 0 radical (unpaired) electrons. The monoisotopic (exact) mass is 434 g/mol. The Morgan fingerprint density at radius 3 is 2.52 bits per heavy atom. The summed E-state index contributed by atoms with van der Waals surface area (Å²) in [5, 5.41) is 10.0. The van der Waals surface area contributed by atoms with Crippen LogP contribution in [-0.4, -0.2) is 68.3 Å². The van der Waals surface area contributed by atoms with E-state index < -0.39 is 0 Å². The number of aromatic nitrogens is 3. The van der Waals surface area contributed by atoms with Crippen molar-refractivity contribution in [2.24, 2.45) is 0 Å². The number of thiophene rings is 1. The summed E-state index contributed by atoms with van der Waals surface area (Å²) in [5.74, 6) is 1.10. The second kappa shape index (κ2) is 8.29. The van der Waals surface area contributed by atoms with Crippen LogP contribution in [0.4, 0.5) is 0 Å². The van der Waals surface area contributed by atoms with Crippen molar-refractivity contribution in [3.05, 3.63) is 22.3 Å². The molecule has 2 aromatic rings. The number of carbonyl (C=O) groups is 1. The quantitative estimate of drug-likeness (QED) is 0.709. The SMILES string of the molecule is CC(C)(C)NC(=O)CN1CCN(Cn2nc(-c3cccs3)n(C3CC3)c2=S)CC1. The van der Waals surface area contributed by atoms with Gasteiger partial charge in [-0.05, 0) is 57.3 Å². The van der Waals surface area contributed by atoms with Crippen molar-refractivity contribution in [1.82, 2.24) is 29.5 Å². The number of carbonyl (C=O) groups excluding carboxylic acids is 1. The van der Waals surface area contributed by atoms with Gasteiger partial charge in [0.15, 0.2) is 10.6 Å². The highest BCUT2D eigenvalue weighted by atomic mass is 32.1. The van der Waals surface area contributed by atoms with Crippen molar-refractivity contribution in [2.45, 2.75) is 51.9 Å². The zero-order chi connectivity index (χ0) is 20.6. The lowest BCUT2D eigenvalue weighted by molar-refractivity contribution is -0.124. The molecule has 0 spiro atoms. The third kappa shape index (κ3) is 5.14. The van der Waals surface area contributed by atoms with Crippen LogP contribution in [0.2, 0.25) is 0 Å². The minimum Gasteiger partial charge on any atom is -0.350 e. The van der Waals surface area contributed by atoms with Crippen LogP contribution < -0.4 is 5.32 Å². The maximum atomic E-state index is 12.2. The Morgan fingerprint density at radius 2 is 1.93 bits per heavy atom. The van der Waals surface area contributed by atoms with Gasteiger partial charge >= 0.3 is 0 Å². The fourth-order valence-electron chi connectivity index (χ4n) is 3.69. The molecule has 1 aliphatic carbocycles. The summed E-state index contributed by atoms with van der Waals surface area (Å²) in [6.07, 6.45) is 2.38. The van der Waals surface area contributed by atoms with Crippen molar-refractivity contribution in [2.75, 3.05) is 32.7 Å². The first-order valence-corrected chi connectivity index (χ1v) is 11.6. The summed E-state index contributed by atoms with van der Waals surface area (Å²) in [5.41, 5.74) is -0.184. The van der Waals surface area contributed by atoms with Crippen molar-refractivity contribution >= 4 is 29.5 Å². The number of nitrogens with one attached hydrogen (secondary N) is 1. The van der Waals surface area contributed by atoms with E-state index >= 15 is 0 Å². The molecule has 2 aromatic heterocycles. The fourth-order valence-corrected chi connectivity index (χ4v) is 4.73. The molecule has 0 aromatic carbocycles. The molecule has 1 amide bonds. The van der Waals surface area contributed by atoms with Crippen molar-refractivity contribution in [3.8, 4) is 10.7 Å². The molecule has 1 saturated heterocycles. The van der Waals surface area contributed by atoms with Crippen LogP contribution in [0, 0.1) is 4.77 Å². The molecule has 9 heteroatoms. The molecule has 0 unspecified atom stereocenters. The molecule has 158 valence electrons. The van der Waals surface area contributed by atoms with E-state index in [1.165, 1.54) is 17.7 Å². The van der Waals surface area contributed by atoms with E-state index in [1.807, 2.05) is 25.5 Å². The van der Waals surface area contributed by atoms with Crippen LogP contribution in [0.1, 0.15) is 39.7 Å². The molecule has 4 rings (SSSR count). The average molecular weight is 435 g/mol. The van der Waals surface area contributed by atoms with Gasteiger partial charge in [0.1, 0.15) is 0 Å². The zero-order valence-corrected chi connectivity index (χ0v) is 19.1. The molecule has 7 nitrogen and oxygen atoms in total. The Balaban J connectivity index is 1.37. The summed E-state index contributed by atoms with van der Waals surface area (Å²) in [6, 6.07) is 4.69. The molecule has 0 bridgehead atoms. The number of amides is 1. The van der Waals surface area contributed by atoms with E-state index in [9.17, 15) is 4.79 Å². The topological polar surface area (TPSA) is 58.3 Å². The number of hydrogen-bond acceptors (Lipinski definition) is 6. The van der Waals surface area contributed by atoms with Crippen LogP contribution in [0.5, 0.6) is 0 Å². The minimum atomic E-state index is -0.184. The van der Waals surface area contributed by atoms with Crippen LogP contribution >= 0.6 is 23.6 Å². The fraction of sp³-hybridized carbons (Fsp3) is 0.650. The van der Waals surface area contributed by atoms with Gasteiger partial charge in [-0.2, -0.15) is 0 Å². The minimum absolute atomic E-state index is 0.0944. The third-order valence-electron chi connectivity index (χ3n) is 5.20. The van der Waals surface area contributed by atoms with Gasteiger partial charge in [-0.25, -0.2) is 4.68 Å². The molecule has 3 heterocycles. The van der Waals surface area contributed by atoms with Gasteiger partial charge in [-0.15, -0.1) is 16.4 Å². The number of piperazine rings is 1. The predicted molar refractivity (Wildman–Crippen MR) is 119 cm³/mol. The van der Waals surface area contributed by atoms with Crippen molar-refractivity contribution < 1.29 is 4.79 Å². The lowest BCUT2D eigenvalue weighted by Crippen LogP contribution is -2.51. The maximum absolute atomic E-state index is 12.2. The lowest BCUT2D eigenvalue weighted by Gasteiger charge is -2.34. The molecule has 0 atom stereocenters. The molecule has 2 aliphatic rings. The second-order valence-electron chi connectivity index (χ2n) is 9.02. The highest BCUT2D eigenvalue weighted by Crippen LogP contribution is 2.39. The average Bonchev–Trinajstić information content (AvgIpc) is 3.21. The summed E-state index contributed by atoms with van der Waals surface area (Å²) in [4.78, 5) is 17.9. The molecule has 2 fully saturated rings. The van der Waals surface area contributed by atoms with E-state index in [2.05, 4.69) is 37.2 Å². The molecule has 1 saturated carbocycles. The van der Waals surface area contributed by atoms with E-state index in [-0.39, 0.29) is 11.4 Å². The summed E-state index contributed by atoms with van der Waals surface area (Å²) < 4.78 is 5.04. The molecule has 1 N–H and O–H groups in total. The predicted octanol–water partition coefficient (Wildman–Crippen LogP) is 2.97. The Bertz CT molecular complexity index is 899. The molecular weight excluding hydrogens is 404 g/mol. The van der Waals surface area contributed by atoms with Gasteiger partial charge in [-0.3, -0.25) is 19.2 Å². The van der Waals surface area contributed by atoms with Crippen molar-refractivity contribution in [1.29, 1.82) is 0 Å². The summed E-state index contributed by atoms with van der Waals surface area (Å²) in [6.45, 7) is 10.8. The number of nitrogens with zero attached hydrogens (tertiary/aromatic N) is 5. The van der Waals surface area contributed by atoms with Gasteiger partial charge in [0.05, 0.1) is 18.1 Å². The van der Waals surface area contributed by atoms with Gasteiger partial charge in [0, 0.05) is 37.8 Å². The molecule has 1 aliphatic heterocycles. The van der Waals surface area contributed by atoms with Gasteiger partial charge < -0.3 is 5.32 Å². The standard InChI is InChI=1S/C20H30N6OS2/c1-20(2,3)21-17(27)13-23-8-10-24(11-9-23)14-25-19(28)26(15-6-7-15)18(22-25)16-5-4-12-29-16/h4-5,12,15H,6-11,13-14H2,1-3H3,(H,21,27). The Labute approximate surface area is 181 Å². The maximum Gasteiger partial charge on any atom is 0.234 e. The van der Waals surface area contributed by atoms with E-state index in [0.717, 1.165) is 36.8 Å². The third-order valence-corrected chi connectivity index (χ3v) is 6.48. The van der Waals surface area contributed by atoms with E-state index in [4.69, 9.17) is 17.3 Å². The Hall–Kier alpha value is -1.55. The van der Waals surface area contributed by atoms with E-state index in [0.29, 0.717) is 19.3 Å². The highest BCUT2D eigenvalue weighted by molar-refractivity contribution is 7.71. The normalized spacial score (nSPS) is 18.9. The molecule has 29 heavy (non-hydrogen) atoms. The summed E-state index contributed by atoms with van der Waals surface area (Å²) in [7, 11) is 0. The second-order valence-corrected chi connectivity index (χ2v) is 10.3. The van der Waals surface area contributed by atoms with Crippen LogP contribution in [-0.2, 0) is 11.5 Å². The van der Waals surface area contributed by atoms with Crippen LogP contribution in [0.25, 0.3) is 10.7 Å². The van der Waals surface area contributed by atoms with Gasteiger partial charge in [0.25, 0.3) is 0 Å². The van der Waals surface area contributed by atoms with Crippen LogP contribution in [0.15, 0.2) is 17.5 Å². The Morgan fingerprint density at radius 1 is 1.24 bits per heavy atom. The first kappa shape index (κ1) is 20.7. The number of rotatable bonds is 6. The number of hydrogen-bond donors (Lipinski definition) is 1. The van der Waals surface area contributed by atoms with Gasteiger partial charge in [-0.1, -0.05) is 6.07 Å². The zero-order valence-electron chi connectivity index (χ0n) is 17.4. The highest BCUT2D eigenvalue weighted by Gasteiger charge is 2.30. The summed E-state index contributed by atoms with van der Waals surface area (Å²) >= 11 is 7.49. The van der Waals surface area contributed by atoms with Gasteiger partial charge in [0.2, 0.25) is 5.91 Å². The largest absolute Gasteiger partial charge is 0.350 e. The van der Waals surface area contributed by atoms with E-state index in [1.54, 1.807) is 11.3 Å². The first-order chi connectivity index (χ1) is 13.8. The first-order valence-electron chi connectivity index (χ1n) is 10.3.